The highest BCUT2D eigenvalue weighted by atomic mass is 16.5. The minimum Gasteiger partial charge on any atom is -0.381 e. The molecule has 1 N–H and O–H groups in total. The van der Waals surface area contributed by atoms with Crippen LogP contribution in [0.15, 0.2) is 25.2 Å². The standard InChI is InChI=1S/C20H25N5O2/c1-2-16(26)24-6-5-20(10-24)11-25(12-20)19-17-15(14-3-7-27-8-4-14)9-21-18(17)22-13-23-19/h2,9,13-14H,1,3-8,10-12H2,(H,21,22,23). The first-order valence-corrected chi connectivity index (χ1v) is 9.75. The second kappa shape index (κ2) is 6.34. The highest BCUT2D eigenvalue weighted by molar-refractivity contribution is 5.92. The molecule has 142 valence electrons. The SMILES string of the molecule is C=CC(=O)N1CCC2(C1)CN(c1ncnc3[nH]cc(C4CCOCC4)c13)C2. The molecule has 0 aromatic carbocycles. The molecule has 2 aromatic rings. The van der Waals surface area contributed by atoms with Crippen LogP contribution in [-0.2, 0) is 9.53 Å². The number of carbonyl (C=O) groups is 1. The summed E-state index contributed by atoms with van der Waals surface area (Å²) < 4.78 is 5.53. The monoisotopic (exact) mass is 367 g/mol. The van der Waals surface area contributed by atoms with E-state index in [1.165, 1.54) is 11.6 Å². The van der Waals surface area contributed by atoms with Crippen molar-refractivity contribution in [1.29, 1.82) is 0 Å². The Bertz CT molecular complexity index is 880. The highest BCUT2D eigenvalue weighted by Gasteiger charge is 2.49. The van der Waals surface area contributed by atoms with E-state index in [4.69, 9.17) is 4.74 Å². The number of nitrogens with zero attached hydrogens (tertiary/aromatic N) is 4. The maximum absolute atomic E-state index is 11.9. The Morgan fingerprint density at radius 3 is 2.89 bits per heavy atom. The molecule has 0 bridgehead atoms. The number of anilines is 1. The number of carbonyl (C=O) groups excluding carboxylic acids is 1. The van der Waals surface area contributed by atoms with Crippen molar-refractivity contribution in [2.75, 3.05) is 44.3 Å². The number of likely N-dealkylation sites (tertiary alicyclic amines) is 1. The van der Waals surface area contributed by atoms with E-state index in [-0.39, 0.29) is 11.3 Å². The molecule has 2 aromatic heterocycles. The van der Waals surface area contributed by atoms with E-state index in [1.807, 2.05) is 4.90 Å². The second-order valence-electron chi connectivity index (χ2n) is 8.12. The molecule has 0 unspecified atom stereocenters. The van der Waals surface area contributed by atoms with Crippen molar-refractivity contribution in [3.05, 3.63) is 30.7 Å². The van der Waals surface area contributed by atoms with Crippen molar-refractivity contribution in [3.8, 4) is 0 Å². The van der Waals surface area contributed by atoms with Gasteiger partial charge >= 0.3 is 0 Å². The van der Waals surface area contributed by atoms with Crippen LogP contribution in [0.5, 0.6) is 0 Å². The predicted octanol–water partition coefficient (Wildman–Crippen LogP) is 2.08. The molecule has 0 aliphatic carbocycles. The zero-order chi connectivity index (χ0) is 18.4. The number of nitrogens with one attached hydrogen (secondary N) is 1. The van der Waals surface area contributed by atoms with Crippen LogP contribution in [0.3, 0.4) is 0 Å². The minimum absolute atomic E-state index is 0.0437. The van der Waals surface area contributed by atoms with Gasteiger partial charge < -0.3 is 19.5 Å². The Morgan fingerprint density at radius 2 is 2.11 bits per heavy atom. The van der Waals surface area contributed by atoms with Crippen molar-refractivity contribution in [2.45, 2.75) is 25.2 Å². The molecule has 1 spiro atoms. The van der Waals surface area contributed by atoms with Crippen LogP contribution in [0.25, 0.3) is 11.0 Å². The van der Waals surface area contributed by atoms with Gasteiger partial charge in [-0.15, -0.1) is 0 Å². The number of rotatable bonds is 3. The molecular weight excluding hydrogens is 342 g/mol. The third kappa shape index (κ3) is 2.72. The molecule has 3 aliphatic heterocycles. The van der Waals surface area contributed by atoms with Crippen LogP contribution >= 0.6 is 0 Å². The lowest BCUT2D eigenvalue weighted by atomic mass is 9.79. The van der Waals surface area contributed by atoms with E-state index in [2.05, 4.69) is 32.6 Å². The maximum Gasteiger partial charge on any atom is 0.245 e. The fourth-order valence-corrected chi connectivity index (χ4v) is 4.96. The van der Waals surface area contributed by atoms with Gasteiger partial charge in [-0.2, -0.15) is 0 Å². The van der Waals surface area contributed by atoms with E-state index in [0.717, 1.165) is 75.5 Å². The Kier molecular flexibility index (Phi) is 3.93. The van der Waals surface area contributed by atoms with Gasteiger partial charge in [-0.1, -0.05) is 6.58 Å². The van der Waals surface area contributed by atoms with Gasteiger partial charge in [0.25, 0.3) is 0 Å². The van der Waals surface area contributed by atoms with E-state index < -0.39 is 0 Å². The number of hydrogen-bond acceptors (Lipinski definition) is 5. The highest BCUT2D eigenvalue weighted by Crippen LogP contribution is 2.44. The largest absolute Gasteiger partial charge is 0.381 e. The first kappa shape index (κ1) is 16.7. The third-order valence-electron chi connectivity index (χ3n) is 6.42. The van der Waals surface area contributed by atoms with Gasteiger partial charge in [0.05, 0.1) is 5.39 Å². The maximum atomic E-state index is 11.9. The number of aromatic amines is 1. The second-order valence-corrected chi connectivity index (χ2v) is 8.12. The molecule has 27 heavy (non-hydrogen) atoms. The molecule has 3 fully saturated rings. The summed E-state index contributed by atoms with van der Waals surface area (Å²) in [7, 11) is 0. The van der Waals surface area contributed by atoms with E-state index in [9.17, 15) is 4.79 Å². The van der Waals surface area contributed by atoms with Crippen LogP contribution < -0.4 is 4.90 Å². The summed E-state index contributed by atoms with van der Waals surface area (Å²) in [6.07, 6.45) is 8.32. The molecular formula is C20H25N5O2. The molecule has 5 rings (SSSR count). The molecule has 0 atom stereocenters. The van der Waals surface area contributed by atoms with Crippen molar-refractivity contribution >= 4 is 22.8 Å². The normalized spacial score (nSPS) is 22.4. The van der Waals surface area contributed by atoms with Crippen molar-refractivity contribution < 1.29 is 9.53 Å². The first-order chi connectivity index (χ1) is 13.2. The average molecular weight is 367 g/mol. The van der Waals surface area contributed by atoms with Gasteiger partial charge in [0.1, 0.15) is 17.8 Å². The Morgan fingerprint density at radius 1 is 1.30 bits per heavy atom. The molecule has 0 radical (unpaired) electrons. The van der Waals surface area contributed by atoms with E-state index in [0.29, 0.717) is 5.92 Å². The summed E-state index contributed by atoms with van der Waals surface area (Å²) in [5.74, 6) is 1.57. The number of amides is 1. The van der Waals surface area contributed by atoms with Crippen LogP contribution in [-0.4, -0.2) is 65.2 Å². The zero-order valence-corrected chi connectivity index (χ0v) is 15.5. The molecule has 1 amide bonds. The summed E-state index contributed by atoms with van der Waals surface area (Å²) >= 11 is 0. The number of aromatic nitrogens is 3. The van der Waals surface area contributed by atoms with Gasteiger partial charge in [-0.25, -0.2) is 9.97 Å². The Labute approximate surface area is 158 Å². The number of ether oxygens (including phenoxy) is 1. The van der Waals surface area contributed by atoms with Gasteiger partial charge in [-0.3, -0.25) is 4.79 Å². The van der Waals surface area contributed by atoms with Crippen LogP contribution in [0.2, 0.25) is 0 Å². The van der Waals surface area contributed by atoms with E-state index >= 15 is 0 Å². The first-order valence-electron chi connectivity index (χ1n) is 9.75. The van der Waals surface area contributed by atoms with Gasteiger partial charge in [0.2, 0.25) is 5.91 Å². The summed E-state index contributed by atoms with van der Waals surface area (Å²) in [6, 6.07) is 0. The zero-order valence-electron chi connectivity index (χ0n) is 15.5. The lowest BCUT2D eigenvalue weighted by molar-refractivity contribution is -0.125. The smallest absolute Gasteiger partial charge is 0.245 e. The number of fused-ring (bicyclic) bond motifs is 1. The lowest BCUT2D eigenvalue weighted by Crippen LogP contribution is -2.58. The Hall–Kier alpha value is -2.41. The number of H-pyrrole nitrogens is 1. The lowest BCUT2D eigenvalue weighted by Gasteiger charge is -2.48. The van der Waals surface area contributed by atoms with Gasteiger partial charge in [0.15, 0.2) is 0 Å². The quantitative estimate of drug-likeness (QED) is 0.841. The van der Waals surface area contributed by atoms with Crippen LogP contribution in [0.1, 0.15) is 30.7 Å². The predicted molar refractivity (Wildman–Crippen MR) is 103 cm³/mol. The molecule has 7 heteroatoms. The fourth-order valence-electron chi connectivity index (χ4n) is 4.96. The molecule has 0 saturated carbocycles. The molecule has 7 nitrogen and oxygen atoms in total. The molecule has 3 aliphatic rings. The Balaban J connectivity index is 1.39. The van der Waals surface area contributed by atoms with Crippen LogP contribution in [0, 0.1) is 5.41 Å². The minimum atomic E-state index is 0.0437. The fraction of sp³-hybridized carbons (Fsp3) is 0.550. The van der Waals surface area contributed by atoms with Crippen molar-refractivity contribution in [3.63, 3.8) is 0 Å². The van der Waals surface area contributed by atoms with E-state index in [1.54, 1.807) is 6.33 Å². The van der Waals surface area contributed by atoms with Crippen LogP contribution in [0.4, 0.5) is 5.82 Å². The summed E-state index contributed by atoms with van der Waals surface area (Å²) in [6.45, 7) is 8.79. The van der Waals surface area contributed by atoms with Crippen molar-refractivity contribution in [1.82, 2.24) is 19.9 Å². The van der Waals surface area contributed by atoms with Crippen molar-refractivity contribution in [2.24, 2.45) is 5.41 Å². The summed E-state index contributed by atoms with van der Waals surface area (Å²) in [5, 5.41) is 1.16. The van der Waals surface area contributed by atoms with Gasteiger partial charge in [-0.05, 0) is 36.8 Å². The topological polar surface area (TPSA) is 74.4 Å². The summed E-state index contributed by atoms with van der Waals surface area (Å²) in [4.78, 5) is 28.6. The molecule has 5 heterocycles. The third-order valence-corrected chi connectivity index (χ3v) is 6.42. The molecule has 3 saturated heterocycles. The van der Waals surface area contributed by atoms with Gasteiger partial charge in [0, 0.05) is 51.0 Å². The summed E-state index contributed by atoms with van der Waals surface area (Å²) in [5.41, 5.74) is 2.43. The average Bonchev–Trinajstić information content (AvgIpc) is 3.32. The number of hydrogen-bond donors (Lipinski definition) is 1.